The van der Waals surface area contributed by atoms with Gasteiger partial charge in [-0.25, -0.2) is 0 Å². The average Bonchev–Trinajstić information content (AvgIpc) is 3.17. The Morgan fingerprint density at radius 3 is 2.53 bits per heavy atom. The first-order valence-electron chi connectivity index (χ1n) is 13.4. The van der Waals surface area contributed by atoms with Crippen molar-refractivity contribution in [3.05, 3.63) is 68.8 Å². The molecular formula is C29H37F3N4O2. The number of rotatable bonds is 8. The van der Waals surface area contributed by atoms with Crippen molar-refractivity contribution in [1.29, 1.82) is 0 Å². The van der Waals surface area contributed by atoms with E-state index in [2.05, 4.69) is 21.8 Å². The Labute approximate surface area is 221 Å². The molecule has 38 heavy (non-hydrogen) atoms. The highest BCUT2D eigenvalue weighted by Gasteiger charge is 2.32. The standard InChI is InChI=1S/C29H37F3N4O2/c1-5-21-16-18(2)34-27(37)24(21)17-33-28(38)26-20(4)36(25-9-7-6-8-23(25)26)19(3)22-10-13-35(14-11-22)15-12-29(30,31)32/h6-9,16,19,22H,5,10-15,17H2,1-4H3,(H,33,38)(H,34,37)/t19-/m1/s1. The van der Waals surface area contributed by atoms with Gasteiger partial charge in [0.1, 0.15) is 0 Å². The minimum Gasteiger partial charge on any atom is -0.348 e. The fourth-order valence-electron chi connectivity index (χ4n) is 5.91. The van der Waals surface area contributed by atoms with E-state index in [9.17, 15) is 22.8 Å². The third-order valence-corrected chi connectivity index (χ3v) is 7.99. The number of benzene rings is 1. The molecule has 1 fully saturated rings. The maximum atomic E-state index is 13.5. The van der Waals surface area contributed by atoms with Gasteiger partial charge in [-0.15, -0.1) is 0 Å². The van der Waals surface area contributed by atoms with Gasteiger partial charge >= 0.3 is 6.18 Å². The summed E-state index contributed by atoms with van der Waals surface area (Å²) < 4.78 is 40.1. The van der Waals surface area contributed by atoms with Crippen LogP contribution >= 0.6 is 0 Å². The van der Waals surface area contributed by atoms with Gasteiger partial charge in [0, 0.05) is 47.0 Å². The Hall–Kier alpha value is -3.07. The SMILES string of the molecule is CCc1cc(C)[nH]c(=O)c1CNC(=O)c1c(C)n([C@H](C)C2CCN(CCC(F)(F)F)CC2)c2ccccc12. The van der Waals surface area contributed by atoms with Crippen LogP contribution in [0, 0.1) is 19.8 Å². The summed E-state index contributed by atoms with van der Waals surface area (Å²) in [5.74, 6) is 0.0643. The smallest absolute Gasteiger partial charge is 0.348 e. The molecule has 0 unspecified atom stereocenters. The van der Waals surface area contributed by atoms with E-state index in [0.29, 0.717) is 36.6 Å². The van der Waals surface area contributed by atoms with Crippen LogP contribution in [0.2, 0.25) is 0 Å². The molecule has 0 saturated carbocycles. The largest absolute Gasteiger partial charge is 0.390 e. The lowest BCUT2D eigenvalue weighted by Crippen LogP contribution is -2.38. The quantitative estimate of drug-likeness (QED) is 0.395. The van der Waals surface area contributed by atoms with E-state index in [4.69, 9.17) is 0 Å². The second-order valence-electron chi connectivity index (χ2n) is 10.5. The normalized spacial score (nSPS) is 16.2. The third-order valence-electron chi connectivity index (χ3n) is 7.99. The number of halogens is 3. The highest BCUT2D eigenvalue weighted by molar-refractivity contribution is 6.08. The average molecular weight is 531 g/mol. The number of hydrogen-bond donors (Lipinski definition) is 2. The van der Waals surface area contributed by atoms with E-state index in [0.717, 1.165) is 40.7 Å². The molecule has 4 rings (SSSR count). The number of likely N-dealkylation sites (tertiary alicyclic amines) is 1. The summed E-state index contributed by atoms with van der Waals surface area (Å²) in [6.07, 6.45) is -2.60. The molecule has 3 heterocycles. The van der Waals surface area contributed by atoms with Crippen molar-refractivity contribution in [3.63, 3.8) is 0 Å². The molecule has 0 radical (unpaired) electrons. The molecule has 0 aliphatic carbocycles. The lowest BCUT2D eigenvalue weighted by Gasteiger charge is -2.36. The van der Waals surface area contributed by atoms with Crippen LogP contribution in [-0.4, -0.2) is 46.2 Å². The van der Waals surface area contributed by atoms with Crippen molar-refractivity contribution in [1.82, 2.24) is 19.8 Å². The molecule has 6 nitrogen and oxygen atoms in total. The van der Waals surface area contributed by atoms with Crippen molar-refractivity contribution in [3.8, 4) is 0 Å². The Balaban J connectivity index is 1.54. The zero-order chi connectivity index (χ0) is 27.6. The van der Waals surface area contributed by atoms with E-state index in [1.165, 1.54) is 0 Å². The first kappa shape index (κ1) is 28.0. The van der Waals surface area contributed by atoms with Crippen LogP contribution in [0.5, 0.6) is 0 Å². The minimum absolute atomic E-state index is 0.0456. The molecule has 1 saturated heterocycles. The number of alkyl halides is 3. The first-order chi connectivity index (χ1) is 18.0. The molecule has 9 heteroatoms. The number of aryl methyl sites for hydroxylation is 2. The summed E-state index contributed by atoms with van der Waals surface area (Å²) in [6.45, 7) is 9.38. The molecule has 1 aromatic carbocycles. The maximum Gasteiger partial charge on any atom is 0.390 e. The van der Waals surface area contributed by atoms with Crippen molar-refractivity contribution in [2.75, 3.05) is 19.6 Å². The van der Waals surface area contributed by atoms with Gasteiger partial charge in [-0.2, -0.15) is 13.2 Å². The summed E-state index contributed by atoms with van der Waals surface area (Å²) in [7, 11) is 0. The number of amides is 1. The second-order valence-corrected chi connectivity index (χ2v) is 10.5. The summed E-state index contributed by atoms with van der Waals surface area (Å²) in [6, 6.07) is 9.83. The number of nitrogens with zero attached hydrogens (tertiary/aromatic N) is 2. The topological polar surface area (TPSA) is 70.1 Å². The van der Waals surface area contributed by atoms with Gasteiger partial charge in [-0.1, -0.05) is 25.1 Å². The molecule has 206 valence electrons. The van der Waals surface area contributed by atoms with E-state index in [-0.39, 0.29) is 30.6 Å². The zero-order valence-corrected chi connectivity index (χ0v) is 22.5. The predicted molar refractivity (Wildman–Crippen MR) is 144 cm³/mol. The maximum absolute atomic E-state index is 13.5. The van der Waals surface area contributed by atoms with Gasteiger partial charge in [-0.05, 0) is 76.7 Å². The highest BCUT2D eigenvalue weighted by atomic mass is 19.4. The Morgan fingerprint density at radius 1 is 1.18 bits per heavy atom. The van der Waals surface area contributed by atoms with Crippen LogP contribution in [0.3, 0.4) is 0 Å². The number of carbonyl (C=O) groups is 1. The number of nitrogens with one attached hydrogen (secondary N) is 2. The van der Waals surface area contributed by atoms with E-state index in [1.807, 2.05) is 56.0 Å². The zero-order valence-electron chi connectivity index (χ0n) is 22.5. The second kappa shape index (κ2) is 11.4. The predicted octanol–water partition coefficient (Wildman–Crippen LogP) is 5.66. The van der Waals surface area contributed by atoms with Gasteiger partial charge in [0.25, 0.3) is 11.5 Å². The molecule has 2 N–H and O–H groups in total. The van der Waals surface area contributed by atoms with E-state index < -0.39 is 12.6 Å². The van der Waals surface area contributed by atoms with Crippen molar-refractivity contribution < 1.29 is 18.0 Å². The van der Waals surface area contributed by atoms with Gasteiger partial charge in [0.2, 0.25) is 0 Å². The van der Waals surface area contributed by atoms with Gasteiger partial charge in [0.15, 0.2) is 0 Å². The molecular weight excluding hydrogens is 493 g/mol. The molecule has 3 aromatic rings. The van der Waals surface area contributed by atoms with Gasteiger partial charge in [0.05, 0.1) is 12.0 Å². The van der Waals surface area contributed by atoms with Crippen LogP contribution in [0.4, 0.5) is 13.2 Å². The molecule has 1 aliphatic heterocycles. The number of aromatic amines is 1. The highest BCUT2D eigenvalue weighted by Crippen LogP contribution is 2.36. The van der Waals surface area contributed by atoms with Crippen molar-refractivity contribution in [2.45, 2.75) is 72.1 Å². The van der Waals surface area contributed by atoms with Crippen LogP contribution in [0.15, 0.2) is 35.1 Å². The number of hydrogen-bond acceptors (Lipinski definition) is 3. The summed E-state index contributed by atoms with van der Waals surface area (Å²) in [4.78, 5) is 30.8. The van der Waals surface area contributed by atoms with Crippen LogP contribution in [0.1, 0.15) is 72.0 Å². The van der Waals surface area contributed by atoms with Crippen LogP contribution in [-0.2, 0) is 13.0 Å². The van der Waals surface area contributed by atoms with Crippen molar-refractivity contribution >= 4 is 16.8 Å². The molecule has 1 aliphatic rings. The minimum atomic E-state index is -4.13. The number of carbonyl (C=O) groups excluding carboxylic acids is 1. The van der Waals surface area contributed by atoms with E-state index >= 15 is 0 Å². The third kappa shape index (κ3) is 5.98. The molecule has 0 bridgehead atoms. The van der Waals surface area contributed by atoms with Crippen molar-refractivity contribution in [2.24, 2.45) is 5.92 Å². The van der Waals surface area contributed by atoms with E-state index in [1.54, 1.807) is 0 Å². The van der Waals surface area contributed by atoms with Gasteiger partial charge < -0.3 is 19.8 Å². The number of fused-ring (bicyclic) bond motifs is 1. The Morgan fingerprint density at radius 2 is 1.87 bits per heavy atom. The van der Waals surface area contributed by atoms with Gasteiger partial charge in [-0.3, -0.25) is 9.59 Å². The summed E-state index contributed by atoms with van der Waals surface area (Å²) >= 11 is 0. The Kier molecular flexibility index (Phi) is 8.35. The molecule has 2 aromatic heterocycles. The molecule has 1 atom stereocenters. The number of piperidine rings is 1. The van der Waals surface area contributed by atoms with Crippen LogP contribution < -0.4 is 10.9 Å². The number of H-pyrrole nitrogens is 1. The van der Waals surface area contributed by atoms with Crippen LogP contribution in [0.25, 0.3) is 10.9 Å². The molecule has 0 spiro atoms. The Bertz CT molecular complexity index is 1350. The summed E-state index contributed by atoms with van der Waals surface area (Å²) in [5.41, 5.74) is 4.50. The summed E-state index contributed by atoms with van der Waals surface area (Å²) in [5, 5.41) is 3.83. The molecule has 1 amide bonds. The number of pyridine rings is 1. The fraction of sp³-hybridized carbons (Fsp3) is 0.517. The lowest BCUT2D eigenvalue weighted by atomic mass is 9.90. The number of aromatic nitrogens is 2. The number of para-hydroxylation sites is 1. The monoisotopic (exact) mass is 530 g/mol. The first-order valence-corrected chi connectivity index (χ1v) is 13.4. The lowest BCUT2D eigenvalue weighted by molar-refractivity contribution is -0.138. The fourth-order valence-corrected chi connectivity index (χ4v) is 5.91.